The van der Waals surface area contributed by atoms with Gasteiger partial charge < -0.3 is 0 Å². The number of halogens is 1. The molecule has 0 atom stereocenters. The second kappa shape index (κ2) is 7.79. The van der Waals surface area contributed by atoms with Crippen molar-refractivity contribution < 1.29 is 4.79 Å². The molecule has 3 aromatic carbocycles. The van der Waals surface area contributed by atoms with Crippen molar-refractivity contribution in [3.63, 3.8) is 0 Å². The van der Waals surface area contributed by atoms with E-state index in [1.807, 2.05) is 97.9 Å². The Morgan fingerprint density at radius 2 is 1.54 bits per heavy atom. The van der Waals surface area contributed by atoms with E-state index in [1.165, 1.54) is 0 Å². The molecule has 0 aliphatic carbocycles. The molecular weight excluding hydrogens is 366 g/mol. The van der Waals surface area contributed by atoms with E-state index in [9.17, 15) is 4.79 Å². The number of benzene rings is 3. The van der Waals surface area contributed by atoms with Crippen molar-refractivity contribution in [3.05, 3.63) is 112 Å². The number of hydrogen-bond acceptors (Lipinski definition) is 2. The van der Waals surface area contributed by atoms with Crippen molar-refractivity contribution in [1.82, 2.24) is 4.98 Å². The van der Waals surface area contributed by atoms with Gasteiger partial charge in [-0.1, -0.05) is 84.4 Å². The van der Waals surface area contributed by atoms with Gasteiger partial charge in [-0.15, -0.1) is 0 Å². The molecule has 0 unspecified atom stereocenters. The highest BCUT2D eigenvalue weighted by atomic mass is 35.5. The minimum absolute atomic E-state index is 0.0212. The fourth-order valence-corrected chi connectivity index (χ4v) is 3.44. The van der Waals surface area contributed by atoms with Crippen LogP contribution in [0, 0.1) is 6.92 Å². The fraction of sp³-hybridized carbons (Fsp3) is 0.0400. The molecule has 28 heavy (non-hydrogen) atoms. The molecule has 2 nitrogen and oxygen atoms in total. The van der Waals surface area contributed by atoms with Gasteiger partial charge in [-0.25, -0.2) is 0 Å². The normalized spacial score (nSPS) is 11.2. The van der Waals surface area contributed by atoms with Gasteiger partial charge >= 0.3 is 0 Å². The number of carbonyl (C=O) groups excluding carboxylic acids is 1. The number of fused-ring (bicyclic) bond motifs is 1. The summed E-state index contributed by atoms with van der Waals surface area (Å²) in [4.78, 5) is 18.0. The number of aryl methyl sites for hydroxylation is 1. The van der Waals surface area contributed by atoms with E-state index < -0.39 is 0 Å². The third-order valence-electron chi connectivity index (χ3n) is 4.69. The van der Waals surface area contributed by atoms with Crippen LogP contribution in [0.15, 0.2) is 78.9 Å². The first-order valence-electron chi connectivity index (χ1n) is 9.06. The Morgan fingerprint density at radius 3 is 2.29 bits per heavy atom. The van der Waals surface area contributed by atoms with Crippen LogP contribution in [0.2, 0.25) is 5.02 Å². The molecular formula is C25H18ClNO. The van der Waals surface area contributed by atoms with Crippen LogP contribution in [0.1, 0.15) is 32.7 Å². The number of rotatable bonds is 4. The maximum atomic E-state index is 13.3. The molecule has 4 aromatic rings. The van der Waals surface area contributed by atoms with Gasteiger partial charge in [-0.05, 0) is 36.2 Å². The average molecular weight is 384 g/mol. The largest absolute Gasteiger partial charge is 0.289 e. The molecule has 0 aliphatic heterocycles. The van der Waals surface area contributed by atoms with Crippen LogP contribution in [0.3, 0.4) is 0 Å². The van der Waals surface area contributed by atoms with Crippen molar-refractivity contribution >= 4 is 40.4 Å². The van der Waals surface area contributed by atoms with E-state index in [1.54, 1.807) is 0 Å². The molecule has 0 aliphatic rings. The molecule has 1 aromatic heterocycles. The Bertz CT molecular complexity index is 1180. The molecule has 0 amide bonds. The zero-order valence-electron chi connectivity index (χ0n) is 15.4. The van der Waals surface area contributed by atoms with Gasteiger partial charge in [-0.2, -0.15) is 0 Å². The highest BCUT2D eigenvalue weighted by molar-refractivity contribution is 6.30. The van der Waals surface area contributed by atoms with Crippen LogP contribution in [-0.4, -0.2) is 10.8 Å². The number of hydrogen-bond donors (Lipinski definition) is 0. The predicted molar refractivity (Wildman–Crippen MR) is 117 cm³/mol. The van der Waals surface area contributed by atoms with Gasteiger partial charge in [0.2, 0.25) is 0 Å². The maximum absolute atomic E-state index is 13.3. The number of carbonyl (C=O) groups is 1. The SMILES string of the molecule is Cc1nc2ccccc2c(/C=C/c2ccc(Cl)cc2)c1C(=O)c1ccccc1. The van der Waals surface area contributed by atoms with Gasteiger partial charge in [0.15, 0.2) is 5.78 Å². The number of nitrogens with zero attached hydrogens (tertiary/aromatic N) is 1. The van der Waals surface area contributed by atoms with Crippen LogP contribution in [0.25, 0.3) is 23.1 Å². The Morgan fingerprint density at radius 1 is 0.857 bits per heavy atom. The molecule has 0 spiro atoms. The van der Waals surface area contributed by atoms with Crippen molar-refractivity contribution in [2.45, 2.75) is 6.92 Å². The standard InChI is InChI=1S/C25H18ClNO/c1-17-24(25(28)19-7-3-2-4-8-19)22(21-9-5-6-10-23(21)27-17)16-13-18-11-14-20(26)15-12-18/h2-16H,1H3/b16-13+. The van der Waals surface area contributed by atoms with Crippen LogP contribution in [-0.2, 0) is 0 Å². The minimum atomic E-state index is -0.0212. The first kappa shape index (κ1) is 18.1. The fourth-order valence-electron chi connectivity index (χ4n) is 3.31. The Labute approximate surface area is 169 Å². The van der Waals surface area contributed by atoms with E-state index in [0.29, 0.717) is 16.1 Å². The van der Waals surface area contributed by atoms with E-state index in [0.717, 1.165) is 27.7 Å². The molecule has 0 saturated heterocycles. The molecule has 0 radical (unpaired) electrons. The molecule has 3 heteroatoms. The minimum Gasteiger partial charge on any atom is -0.289 e. The monoisotopic (exact) mass is 383 g/mol. The summed E-state index contributed by atoms with van der Waals surface area (Å²) in [5.41, 5.74) is 4.79. The molecule has 0 bridgehead atoms. The number of ketones is 1. The second-order valence-corrected chi connectivity index (χ2v) is 7.02. The van der Waals surface area contributed by atoms with Gasteiger partial charge in [0.05, 0.1) is 11.1 Å². The van der Waals surface area contributed by atoms with E-state index >= 15 is 0 Å². The van der Waals surface area contributed by atoms with Crippen LogP contribution in [0.4, 0.5) is 0 Å². The smallest absolute Gasteiger partial charge is 0.195 e. The Kier molecular flexibility index (Phi) is 5.05. The lowest BCUT2D eigenvalue weighted by Crippen LogP contribution is -2.08. The van der Waals surface area contributed by atoms with Crippen LogP contribution in [0.5, 0.6) is 0 Å². The summed E-state index contributed by atoms with van der Waals surface area (Å²) < 4.78 is 0. The zero-order valence-corrected chi connectivity index (χ0v) is 16.1. The van der Waals surface area contributed by atoms with Crippen molar-refractivity contribution in [3.8, 4) is 0 Å². The van der Waals surface area contributed by atoms with Crippen molar-refractivity contribution in [1.29, 1.82) is 0 Å². The summed E-state index contributed by atoms with van der Waals surface area (Å²) in [6, 6.07) is 24.8. The van der Waals surface area contributed by atoms with Gasteiger partial charge in [-0.3, -0.25) is 9.78 Å². The van der Waals surface area contributed by atoms with E-state index in [4.69, 9.17) is 11.6 Å². The molecule has 0 saturated carbocycles. The maximum Gasteiger partial charge on any atom is 0.195 e. The Hall–Kier alpha value is -3.23. The van der Waals surface area contributed by atoms with Crippen molar-refractivity contribution in [2.75, 3.05) is 0 Å². The summed E-state index contributed by atoms with van der Waals surface area (Å²) >= 11 is 5.99. The predicted octanol–water partition coefficient (Wildman–Crippen LogP) is 6.60. The summed E-state index contributed by atoms with van der Waals surface area (Å²) in [5.74, 6) is -0.0212. The summed E-state index contributed by atoms with van der Waals surface area (Å²) in [6.45, 7) is 1.89. The molecule has 4 rings (SSSR count). The number of pyridine rings is 1. The lowest BCUT2D eigenvalue weighted by atomic mass is 9.93. The van der Waals surface area contributed by atoms with Gasteiger partial charge in [0, 0.05) is 21.7 Å². The first-order chi connectivity index (χ1) is 13.6. The van der Waals surface area contributed by atoms with E-state index in [2.05, 4.69) is 4.98 Å². The van der Waals surface area contributed by atoms with Gasteiger partial charge in [0.25, 0.3) is 0 Å². The second-order valence-electron chi connectivity index (χ2n) is 6.58. The topological polar surface area (TPSA) is 30.0 Å². The summed E-state index contributed by atoms with van der Waals surface area (Å²) in [6.07, 6.45) is 4.00. The lowest BCUT2D eigenvalue weighted by Gasteiger charge is -2.12. The number of para-hydroxylation sites is 1. The lowest BCUT2D eigenvalue weighted by molar-refractivity contribution is 0.103. The van der Waals surface area contributed by atoms with Crippen LogP contribution < -0.4 is 0 Å². The highest BCUT2D eigenvalue weighted by Gasteiger charge is 2.18. The molecule has 0 N–H and O–H groups in total. The summed E-state index contributed by atoms with van der Waals surface area (Å²) in [5, 5.41) is 1.65. The quantitative estimate of drug-likeness (QED) is 0.372. The third kappa shape index (κ3) is 3.60. The van der Waals surface area contributed by atoms with E-state index in [-0.39, 0.29) is 5.78 Å². The van der Waals surface area contributed by atoms with Gasteiger partial charge in [0.1, 0.15) is 0 Å². The first-order valence-corrected chi connectivity index (χ1v) is 9.44. The van der Waals surface area contributed by atoms with Crippen molar-refractivity contribution in [2.24, 2.45) is 0 Å². The Balaban J connectivity index is 1.91. The molecule has 0 fully saturated rings. The van der Waals surface area contributed by atoms with Crippen LogP contribution >= 0.6 is 11.6 Å². The third-order valence-corrected chi connectivity index (χ3v) is 4.94. The highest BCUT2D eigenvalue weighted by Crippen LogP contribution is 2.28. The molecule has 1 heterocycles. The summed E-state index contributed by atoms with van der Waals surface area (Å²) in [7, 11) is 0. The molecule has 136 valence electrons. The zero-order chi connectivity index (χ0) is 19.5. The number of aromatic nitrogens is 1. The average Bonchev–Trinajstić information content (AvgIpc) is 2.73.